The van der Waals surface area contributed by atoms with Gasteiger partial charge in [-0.25, -0.2) is 0 Å². The van der Waals surface area contributed by atoms with Crippen LogP contribution in [0.4, 0.5) is 0 Å². The lowest BCUT2D eigenvalue weighted by molar-refractivity contribution is -0.137. The van der Waals surface area contributed by atoms with Crippen molar-refractivity contribution in [2.24, 2.45) is 13.0 Å². The molecule has 20 heavy (non-hydrogen) atoms. The number of carboxylic acids is 1. The van der Waals surface area contributed by atoms with E-state index < -0.39 is 5.97 Å². The molecule has 1 heterocycles. The number of amides is 1. The highest BCUT2D eigenvalue weighted by molar-refractivity contribution is 5.99. The lowest BCUT2D eigenvalue weighted by Crippen LogP contribution is -2.38. The third kappa shape index (κ3) is 3.26. The number of rotatable bonds is 6. The topological polar surface area (TPSA) is 88.4 Å². The summed E-state index contributed by atoms with van der Waals surface area (Å²) in [5, 5.41) is 11.6. The Kier molecular flexibility index (Phi) is 3.92. The summed E-state index contributed by atoms with van der Waals surface area (Å²) in [5.41, 5.74) is 0.838. The Morgan fingerprint density at radius 3 is 2.55 bits per heavy atom. The van der Waals surface area contributed by atoms with E-state index in [2.05, 4.69) is 5.32 Å². The molecule has 0 bridgehead atoms. The first-order valence-corrected chi connectivity index (χ1v) is 6.58. The molecule has 1 fully saturated rings. The molecule has 1 aliphatic carbocycles. The van der Waals surface area contributed by atoms with Crippen LogP contribution < -0.4 is 5.32 Å². The SMILES string of the molecule is CC(=O)c1cc(C(=O)NC(CC(=O)O)C2CC2)n(C)c1. The monoisotopic (exact) mass is 278 g/mol. The molecule has 0 aromatic carbocycles. The van der Waals surface area contributed by atoms with Gasteiger partial charge < -0.3 is 15.0 Å². The maximum absolute atomic E-state index is 12.2. The van der Waals surface area contributed by atoms with Gasteiger partial charge in [0.2, 0.25) is 0 Å². The predicted octanol–water partition coefficient (Wildman–Crippen LogP) is 1.21. The summed E-state index contributed by atoms with van der Waals surface area (Å²) in [7, 11) is 1.69. The number of carbonyl (C=O) groups is 3. The van der Waals surface area contributed by atoms with Crippen molar-refractivity contribution in [2.75, 3.05) is 0 Å². The van der Waals surface area contributed by atoms with Crippen molar-refractivity contribution in [3.63, 3.8) is 0 Å². The maximum atomic E-state index is 12.2. The Balaban J connectivity index is 2.10. The molecule has 1 atom stereocenters. The van der Waals surface area contributed by atoms with Gasteiger partial charge in [0, 0.05) is 24.8 Å². The third-order valence-corrected chi connectivity index (χ3v) is 3.55. The zero-order valence-electron chi connectivity index (χ0n) is 11.5. The van der Waals surface area contributed by atoms with Gasteiger partial charge in [-0.05, 0) is 31.7 Å². The van der Waals surface area contributed by atoms with Crippen LogP contribution in [0, 0.1) is 5.92 Å². The van der Waals surface area contributed by atoms with Crippen LogP contribution in [0.5, 0.6) is 0 Å². The number of aryl methyl sites for hydroxylation is 1. The summed E-state index contributed by atoms with van der Waals surface area (Å²) < 4.78 is 1.58. The average Bonchev–Trinajstić information content (AvgIpc) is 3.10. The smallest absolute Gasteiger partial charge is 0.305 e. The molecule has 1 aromatic rings. The molecular formula is C14H18N2O4. The number of nitrogens with one attached hydrogen (secondary N) is 1. The van der Waals surface area contributed by atoms with Crippen LogP contribution in [0.2, 0.25) is 0 Å². The maximum Gasteiger partial charge on any atom is 0.305 e. The highest BCUT2D eigenvalue weighted by Gasteiger charge is 2.34. The fourth-order valence-electron chi connectivity index (χ4n) is 2.25. The van der Waals surface area contributed by atoms with Gasteiger partial charge >= 0.3 is 5.97 Å². The summed E-state index contributed by atoms with van der Waals surface area (Å²) in [4.78, 5) is 34.3. The van der Waals surface area contributed by atoms with Crippen molar-refractivity contribution in [1.82, 2.24) is 9.88 Å². The molecule has 0 saturated heterocycles. The highest BCUT2D eigenvalue weighted by atomic mass is 16.4. The van der Waals surface area contributed by atoms with Crippen LogP contribution in [0.25, 0.3) is 0 Å². The van der Waals surface area contributed by atoms with Crippen molar-refractivity contribution < 1.29 is 19.5 Å². The molecule has 0 aliphatic heterocycles. The molecule has 1 aromatic heterocycles. The van der Waals surface area contributed by atoms with Crippen LogP contribution in [0.1, 0.15) is 47.0 Å². The van der Waals surface area contributed by atoms with Gasteiger partial charge in [0.15, 0.2) is 5.78 Å². The molecule has 0 spiro atoms. The van der Waals surface area contributed by atoms with E-state index in [9.17, 15) is 14.4 Å². The van der Waals surface area contributed by atoms with Gasteiger partial charge in [-0.1, -0.05) is 0 Å². The van der Waals surface area contributed by atoms with Crippen LogP contribution in [0.3, 0.4) is 0 Å². The molecule has 2 N–H and O–H groups in total. The molecule has 1 saturated carbocycles. The number of aliphatic carboxylic acids is 1. The second-order valence-electron chi connectivity index (χ2n) is 5.30. The first-order valence-electron chi connectivity index (χ1n) is 6.58. The first-order chi connectivity index (χ1) is 9.38. The molecule has 6 nitrogen and oxygen atoms in total. The van der Waals surface area contributed by atoms with Gasteiger partial charge in [-0.3, -0.25) is 14.4 Å². The number of carbonyl (C=O) groups excluding carboxylic acids is 2. The van der Waals surface area contributed by atoms with Gasteiger partial charge in [0.25, 0.3) is 5.91 Å². The molecule has 1 amide bonds. The van der Waals surface area contributed by atoms with Crippen LogP contribution in [-0.2, 0) is 11.8 Å². The molecule has 2 rings (SSSR count). The lowest BCUT2D eigenvalue weighted by atomic mass is 10.1. The van der Waals surface area contributed by atoms with E-state index in [1.54, 1.807) is 17.8 Å². The van der Waals surface area contributed by atoms with Crippen molar-refractivity contribution in [3.05, 3.63) is 23.5 Å². The van der Waals surface area contributed by atoms with E-state index in [1.807, 2.05) is 0 Å². The van der Waals surface area contributed by atoms with Crippen molar-refractivity contribution in [2.45, 2.75) is 32.2 Å². The van der Waals surface area contributed by atoms with Crippen molar-refractivity contribution in [3.8, 4) is 0 Å². The molecule has 6 heteroatoms. The van der Waals surface area contributed by atoms with E-state index in [-0.39, 0.29) is 30.1 Å². The number of ketones is 1. The Labute approximate surface area is 116 Å². The quantitative estimate of drug-likeness (QED) is 0.765. The van der Waals surface area contributed by atoms with E-state index in [1.165, 1.54) is 13.0 Å². The molecule has 1 unspecified atom stereocenters. The zero-order valence-corrected chi connectivity index (χ0v) is 11.5. The minimum absolute atomic E-state index is 0.0691. The van der Waals surface area contributed by atoms with E-state index >= 15 is 0 Å². The number of hydrogen-bond donors (Lipinski definition) is 2. The highest BCUT2D eigenvalue weighted by Crippen LogP contribution is 2.34. The number of aromatic nitrogens is 1. The van der Waals surface area contributed by atoms with Crippen molar-refractivity contribution >= 4 is 17.7 Å². The predicted molar refractivity (Wildman–Crippen MR) is 71.6 cm³/mol. The fourth-order valence-corrected chi connectivity index (χ4v) is 2.25. The normalized spacial score (nSPS) is 15.7. The Bertz CT molecular complexity index is 558. The van der Waals surface area contributed by atoms with Crippen molar-refractivity contribution in [1.29, 1.82) is 0 Å². The summed E-state index contributed by atoms with van der Waals surface area (Å²) in [6.07, 6.45) is 3.43. The number of hydrogen-bond acceptors (Lipinski definition) is 3. The van der Waals surface area contributed by atoms with Gasteiger partial charge in [0.05, 0.1) is 6.42 Å². The summed E-state index contributed by atoms with van der Waals surface area (Å²) in [6.45, 7) is 1.44. The van der Waals surface area contributed by atoms with Crippen LogP contribution >= 0.6 is 0 Å². The minimum atomic E-state index is -0.918. The Morgan fingerprint density at radius 1 is 1.45 bits per heavy atom. The Morgan fingerprint density at radius 2 is 2.10 bits per heavy atom. The summed E-state index contributed by atoms with van der Waals surface area (Å²) in [5.74, 6) is -1.11. The van der Waals surface area contributed by atoms with Gasteiger partial charge in [0.1, 0.15) is 5.69 Å². The molecule has 1 aliphatic rings. The Hall–Kier alpha value is -2.11. The van der Waals surface area contributed by atoms with E-state index in [0.717, 1.165) is 12.8 Å². The second-order valence-corrected chi connectivity index (χ2v) is 5.30. The molecular weight excluding hydrogens is 260 g/mol. The average molecular weight is 278 g/mol. The second kappa shape index (κ2) is 5.48. The standard InChI is InChI=1S/C14H18N2O4/c1-8(17)10-5-12(16(2)7-10)14(20)15-11(6-13(18)19)9-3-4-9/h5,7,9,11H,3-4,6H2,1-2H3,(H,15,20)(H,18,19). The van der Waals surface area contributed by atoms with E-state index in [0.29, 0.717) is 11.3 Å². The van der Waals surface area contributed by atoms with Crippen LogP contribution in [-0.4, -0.2) is 33.4 Å². The zero-order chi connectivity index (χ0) is 14.9. The number of carboxylic acid groups (broad SMARTS) is 1. The number of Topliss-reactive ketones (excluding diaryl/α,β-unsaturated/α-hetero) is 1. The number of nitrogens with zero attached hydrogens (tertiary/aromatic N) is 1. The van der Waals surface area contributed by atoms with E-state index in [4.69, 9.17) is 5.11 Å². The minimum Gasteiger partial charge on any atom is -0.481 e. The van der Waals surface area contributed by atoms with Gasteiger partial charge in [-0.2, -0.15) is 0 Å². The van der Waals surface area contributed by atoms with Crippen LogP contribution in [0.15, 0.2) is 12.3 Å². The fraction of sp³-hybridized carbons (Fsp3) is 0.500. The largest absolute Gasteiger partial charge is 0.481 e. The van der Waals surface area contributed by atoms with Gasteiger partial charge in [-0.15, -0.1) is 0 Å². The lowest BCUT2D eigenvalue weighted by Gasteiger charge is -2.16. The third-order valence-electron chi connectivity index (χ3n) is 3.55. The summed E-state index contributed by atoms with van der Waals surface area (Å²) in [6, 6.07) is 1.19. The summed E-state index contributed by atoms with van der Waals surface area (Å²) >= 11 is 0. The first kappa shape index (κ1) is 14.3. The molecule has 108 valence electrons. The molecule has 0 radical (unpaired) electrons.